The van der Waals surface area contributed by atoms with Crippen molar-refractivity contribution in [1.82, 2.24) is 5.32 Å². The molecule has 11 nitrogen and oxygen atoms in total. The average molecular weight is 775 g/mol. The zero-order chi connectivity index (χ0) is 39.5. The third-order valence-corrected chi connectivity index (χ3v) is 9.00. The number of nitrogens with zero attached hydrogens (tertiary/aromatic N) is 1. The first kappa shape index (κ1) is 40.6. The fraction of sp³-hybridized carbons (Fsp3) is 0.283. The lowest BCUT2D eigenvalue weighted by molar-refractivity contribution is 0.0518. The summed E-state index contributed by atoms with van der Waals surface area (Å²) < 4.78 is 35.7. The summed E-state index contributed by atoms with van der Waals surface area (Å²) in [6, 6.07) is 38.7. The van der Waals surface area contributed by atoms with E-state index in [0.717, 1.165) is 37.1 Å². The smallest absolute Gasteiger partial charge is 0.201 e. The Hall–Kier alpha value is -6.01. The predicted octanol–water partition coefficient (Wildman–Crippen LogP) is 7.45. The number of ether oxygens (including phenoxy) is 5. The maximum Gasteiger partial charge on any atom is 0.201 e. The van der Waals surface area contributed by atoms with Crippen molar-refractivity contribution < 1.29 is 43.4 Å². The molecular formula is C46H50N2O9. The fourth-order valence-corrected chi connectivity index (χ4v) is 6.03. The van der Waals surface area contributed by atoms with Gasteiger partial charge in [-0.1, -0.05) is 91.0 Å². The van der Waals surface area contributed by atoms with Gasteiger partial charge >= 0.3 is 0 Å². The minimum atomic E-state index is -0.629. The van der Waals surface area contributed by atoms with Crippen LogP contribution in [-0.2, 0) is 22.3 Å². The number of hydrogen-bond donors (Lipinski definition) is 4. The van der Waals surface area contributed by atoms with E-state index in [2.05, 4.69) is 34.6 Å². The summed E-state index contributed by atoms with van der Waals surface area (Å²) in [7, 11) is 0. The van der Waals surface area contributed by atoms with E-state index in [1.807, 2.05) is 84.9 Å². The zero-order valence-electron chi connectivity index (χ0n) is 32.0. The quantitative estimate of drug-likeness (QED) is 0.0383. The van der Waals surface area contributed by atoms with E-state index >= 15 is 0 Å². The number of hydrogen-bond acceptors (Lipinski definition) is 11. The van der Waals surface area contributed by atoms with Crippen LogP contribution < -0.4 is 24.9 Å². The number of rotatable bonds is 23. The minimum Gasteiger partial charge on any atom is -0.504 e. The number of phenolic OH excluding ortho intramolecular Hbond substituents is 3. The van der Waals surface area contributed by atoms with Gasteiger partial charge < -0.3 is 48.7 Å². The van der Waals surface area contributed by atoms with Gasteiger partial charge in [-0.15, -0.1) is 0 Å². The lowest BCUT2D eigenvalue weighted by atomic mass is 10.1. The van der Waals surface area contributed by atoms with Crippen LogP contribution in [-0.4, -0.2) is 81.2 Å². The van der Waals surface area contributed by atoms with Crippen LogP contribution in [0.2, 0.25) is 0 Å². The van der Waals surface area contributed by atoms with Crippen molar-refractivity contribution in [2.75, 3.05) is 65.9 Å². The number of benzene rings is 5. The van der Waals surface area contributed by atoms with E-state index in [4.69, 9.17) is 28.1 Å². The highest BCUT2D eigenvalue weighted by Gasteiger charge is 2.16. The summed E-state index contributed by atoms with van der Waals surface area (Å²) in [5.74, 6) is 1.00. The second-order valence-electron chi connectivity index (χ2n) is 13.2. The monoisotopic (exact) mass is 774 g/mol. The first-order valence-electron chi connectivity index (χ1n) is 19.3. The van der Waals surface area contributed by atoms with Crippen LogP contribution in [0.15, 0.2) is 131 Å². The highest BCUT2D eigenvalue weighted by molar-refractivity contribution is 5.89. The van der Waals surface area contributed by atoms with Crippen LogP contribution in [0.5, 0.6) is 34.5 Å². The lowest BCUT2D eigenvalue weighted by Crippen LogP contribution is -2.23. The molecule has 57 heavy (non-hydrogen) atoms. The number of phenols is 3. The summed E-state index contributed by atoms with van der Waals surface area (Å²) in [5.41, 5.74) is 3.44. The standard InChI is InChI=1S/C46H50N2O9/c49-39-33-43-44(46(51)45(39)50)38(32-41(57-43)36-15-8-3-9-16-36)48-23-28-53-30-29-52-27-22-47-21-10-24-54-37-17-18-40(55-25-19-34-11-4-1-5-12-34)42(31-37)56-26-20-35-13-6-2-7-14-35/h1-9,11-18,31-33,47,49-51H,10,19-30H2. The van der Waals surface area contributed by atoms with Crippen LogP contribution in [0.1, 0.15) is 17.5 Å². The van der Waals surface area contributed by atoms with Gasteiger partial charge in [-0.05, 0) is 36.2 Å². The van der Waals surface area contributed by atoms with E-state index in [9.17, 15) is 15.3 Å². The number of aromatic hydroxyl groups is 3. The summed E-state index contributed by atoms with van der Waals surface area (Å²) in [5, 5.41) is 34.7. The molecule has 298 valence electrons. The molecule has 0 bridgehead atoms. The van der Waals surface area contributed by atoms with Gasteiger partial charge in [-0.2, -0.15) is 0 Å². The summed E-state index contributed by atoms with van der Waals surface area (Å²) in [4.78, 5) is 4.59. The maximum atomic E-state index is 10.6. The molecule has 0 aliphatic rings. The van der Waals surface area contributed by atoms with Crippen LogP contribution in [0, 0.1) is 0 Å². The zero-order valence-corrected chi connectivity index (χ0v) is 32.0. The number of fused-ring (bicyclic) bond motifs is 1. The molecule has 1 aromatic heterocycles. The highest BCUT2D eigenvalue weighted by atomic mass is 16.5. The molecular weight excluding hydrogens is 725 g/mol. The van der Waals surface area contributed by atoms with Crippen LogP contribution >= 0.6 is 0 Å². The summed E-state index contributed by atoms with van der Waals surface area (Å²) in [6.07, 6.45) is 2.42. The molecule has 0 atom stereocenters. The summed E-state index contributed by atoms with van der Waals surface area (Å²) in [6.45, 7) is 5.11. The van der Waals surface area contributed by atoms with Crippen molar-refractivity contribution in [3.05, 3.63) is 138 Å². The molecule has 0 saturated carbocycles. The van der Waals surface area contributed by atoms with E-state index in [-0.39, 0.29) is 11.0 Å². The summed E-state index contributed by atoms with van der Waals surface area (Å²) >= 11 is 0. The lowest BCUT2D eigenvalue weighted by Gasteiger charge is -2.15. The Kier molecular flexibility index (Phi) is 15.6. The Morgan fingerprint density at radius 1 is 0.561 bits per heavy atom. The molecule has 0 spiro atoms. The second-order valence-corrected chi connectivity index (χ2v) is 13.2. The van der Waals surface area contributed by atoms with E-state index in [1.54, 1.807) is 6.07 Å². The van der Waals surface area contributed by atoms with Gasteiger partial charge in [0.05, 0.1) is 63.5 Å². The molecule has 11 heteroatoms. The third kappa shape index (κ3) is 12.5. The Morgan fingerprint density at radius 2 is 1.21 bits per heavy atom. The van der Waals surface area contributed by atoms with Gasteiger partial charge in [0.2, 0.25) is 5.75 Å². The molecule has 6 aromatic rings. The van der Waals surface area contributed by atoms with E-state index in [1.165, 1.54) is 17.2 Å². The molecule has 6 rings (SSSR count). The second kappa shape index (κ2) is 21.9. The molecule has 0 unspecified atom stereocenters. The van der Waals surface area contributed by atoms with Gasteiger partial charge in [0.15, 0.2) is 23.0 Å². The first-order valence-corrected chi connectivity index (χ1v) is 19.3. The van der Waals surface area contributed by atoms with Crippen LogP contribution in [0.25, 0.3) is 22.3 Å². The topological polar surface area (TPSA) is 144 Å². The molecule has 5 aromatic carbocycles. The van der Waals surface area contributed by atoms with Crippen molar-refractivity contribution in [2.45, 2.75) is 19.3 Å². The minimum absolute atomic E-state index is 0.193. The van der Waals surface area contributed by atoms with Crippen molar-refractivity contribution in [1.29, 1.82) is 0 Å². The molecule has 0 aliphatic heterocycles. The molecule has 0 saturated heterocycles. The molecule has 1 heterocycles. The predicted molar refractivity (Wildman–Crippen MR) is 219 cm³/mol. The van der Waals surface area contributed by atoms with E-state index < -0.39 is 17.2 Å². The van der Waals surface area contributed by atoms with Gasteiger partial charge in [0.1, 0.15) is 17.1 Å². The third-order valence-electron chi connectivity index (χ3n) is 9.00. The van der Waals surface area contributed by atoms with Gasteiger partial charge in [-0.25, -0.2) is 0 Å². The Balaban J connectivity index is 0.867. The molecule has 0 fully saturated rings. The van der Waals surface area contributed by atoms with Crippen LogP contribution in [0.4, 0.5) is 0 Å². The van der Waals surface area contributed by atoms with Gasteiger partial charge in [0, 0.05) is 43.1 Å². The van der Waals surface area contributed by atoms with Gasteiger partial charge in [-0.3, -0.25) is 4.99 Å². The molecule has 0 aliphatic carbocycles. The number of nitrogens with one attached hydrogen (secondary N) is 1. The SMILES string of the molecule is Oc1cc2oc(-c3ccccc3)cc(=NCCOCCOCCNCCCOc3ccc(OCCc4ccccc4)c(OCCc4ccccc4)c3)c2c(O)c1O. The van der Waals surface area contributed by atoms with Crippen molar-refractivity contribution in [3.8, 4) is 45.8 Å². The van der Waals surface area contributed by atoms with E-state index in [0.29, 0.717) is 82.0 Å². The first-order chi connectivity index (χ1) is 28.0. The normalized spacial score (nSPS) is 11.5. The Labute approximate surface area is 332 Å². The maximum absolute atomic E-state index is 10.6. The molecule has 4 N–H and O–H groups in total. The van der Waals surface area contributed by atoms with Crippen LogP contribution in [0.3, 0.4) is 0 Å². The van der Waals surface area contributed by atoms with Crippen molar-refractivity contribution in [3.63, 3.8) is 0 Å². The van der Waals surface area contributed by atoms with Crippen molar-refractivity contribution >= 4 is 11.0 Å². The largest absolute Gasteiger partial charge is 0.504 e. The van der Waals surface area contributed by atoms with Gasteiger partial charge in [0.25, 0.3) is 0 Å². The Morgan fingerprint density at radius 3 is 1.91 bits per heavy atom. The van der Waals surface area contributed by atoms with Crippen molar-refractivity contribution in [2.24, 2.45) is 4.99 Å². The molecule has 0 radical (unpaired) electrons. The molecule has 0 amide bonds. The Bertz CT molecular complexity index is 2180. The highest BCUT2D eigenvalue weighted by Crippen LogP contribution is 2.40. The fourth-order valence-electron chi connectivity index (χ4n) is 6.03. The average Bonchev–Trinajstić information content (AvgIpc) is 3.24.